The Morgan fingerprint density at radius 3 is 2.75 bits per heavy atom. The first kappa shape index (κ1) is 12.3. The molecule has 0 radical (unpaired) electrons. The van der Waals surface area contributed by atoms with Crippen molar-refractivity contribution < 1.29 is 9.52 Å². The molecule has 2 aromatic rings. The quantitative estimate of drug-likeness (QED) is 0.864. The molecule has 0 bridgehead atoms. The lowest BCUT2D eigenvalue weighted by atomic mass is 10.1. The van der Waals surface area contributed by atoms with Crippen molar-refractivity contribution in [3.05, 3.63) is 52.1 Å². The van der Waals surface area contributed by atoms with Crippen LogP contribution < -0.4 is 5.63 Å². The molecule has 2 heterocycles. The summed E-state index contributed by atoms with van der Waals surface area (Å²) in [6.07, 6.45) is 2.03. The first-order valence-corrected chi connectivity index (χ1v) is 6.18. The fraction of sp³-hybridized carbons (Fsp3) is 0.133. The van der Waals surface area contributed by atoms with Crippen LogP contribution in [0.5, 0.6) is 5.75 Å². The average Bonchev–Trinajstić information content (AvgIpc) is 2.59. The number of para-hydroxylation sites is 2. The molecular weight excluding hydrogens is 256 g/mol. The first-order chi connectivity index (χ1) is 9.65. The number of rotatable bonds is 1. The highest BCUT2D eigenvalue weighted by Gasteiger charge is 2.17. The summed E-state index contributed by atoms with van der Waals surface area (Å²) in [7, 11) is 0. The van der Waals surface area contributed by atoms with E-state index in [-0.39, 0.29) is 11.3 Å². The predicted octanol–water partition coefficient (Wildman–Crippen LogP) is 2.88. The van der Waals surface area contributed by atoms with Crippen LogP contribution in [0.2, 0.25) is 0 Å². The first-order valence-electron chi connectivity index (χ1n) is 6.18. The second kappa shape index (κ2) is 4.77. The van der Waals surface area contributed by atoms with Gasteiger partial charge >= 0.3 is 5.63 Å². The van der Waals surface area contributed by atoms with Crippen LogP contribution in [-0.4, -0.2) is 17.0 Å². The Morgan fingerprint density at radius 2 is 2.00 bits per heavy atom. The van der Waals surface area contributed by atoms with Crippen LogP contribution in [0.25, 0.3) is 0 Å². The van der Waals surface area contributed by atoms with Crippen molar-refractivity contribution in [2.45, 2.75) is 13.3 Å². The van der Waals surface area contributed by atoms with E-state index in [9.17, 15) is 9.90 Å². The number of hydrogen-bond donors (Lipinski definition) is 1. The second-order valence-electron chi connectivity index (χ2n) is 4.47. The summed E-state index contributed by atoms with van der Waals surface area (Å²) in [5.41, 5.74) is 1.35. The Balaban J connectivity index is 2.20. The molecule has 1 aromatic carbocycles. The van der Waals surface area contributed by atoms with Crippen LogP contribution in [0.15, 0.2) is 49.5 Å². The van der Waals surface area contributed by atoms with Gasteiger partial charge in [0.25, 0.3) is 0 Å². The predicted molar refractivity (Wildman–Crippen MR) is 76.8 cm³/mol. The van der Waals surface area contributed by atoms with Crippen molar-refractivity contribution >= 4 is 23.3 Å². The zero-order valence-electron chi connectivity index (χ0n) is 10.8. The highest BCUT2D eigenvalue weighted by Crippen LogP contribution is 2.30. The van der Waals surface area contributed by atoms with E-state index >= 15 is 0 Å². The highest BCUT2D eigenvalue weighted by molar-refractivity contribution is 6.11. The summed E-state index contributed by atoms with van der Waals surface area (Å²) in [4.78, 5) is 20.7. The molecule has 0 saturated carbocycles. The van der Waals surface area contributed by atoms with E-state index < -0.39 is 5.63 Å². The number of nitrogens with zero attached hydrogens (tertiary/aromatic N) is 2. The van der Waals surface area contributed by atoms with Gasteiger partial charge in [0.05, 0.1) is 17.1 Å². The van der Waals surface area contributed by atoms with Gasteiger partial charge in [-0.15, -0.1) is 0 Å². The normalized spacial score (nSPS) is 13.6. The number of hydrogen-bond acceptors (Lipinski definition) is 5. The van der Waals surface area contributed by atoms with Crippen molar-refractivity contribution in [3.63, 3.8) is 0 Å². The zero-order chi connectivity index (χ0) is 14.1. The van der Waals surface area contributed by atoms with E-state index in [1.54, 1.807) is 13.1 Å². The maximum absolute atomic E-state index is 11.9. The fourth-order valence-corrected chi connectivity index (χ4v) is 2.11. The molecule has 100 valence electrons. The Kier molecular flexibility index (Phi) is 2.95. The molecule has 5 nitrogen and oxygen atoms in total. The summed E-state index contributed by atoms with van der Waals surface area (Å²) in [6, 6.07) is 8.78. The van der Waals surface area contributed by atoms with Crippen molar-refractivity contribution in [1.29, 1.82) is 0 Å². The van der Waals surface area contributed by atoms with E-state index in [0.29, 0.717) is 23.6 Å². The Labute approximate surface area is 114 Å². The third kappa shape index (κ3) is 2.14. The van der Waals surface area contributed by atoms with Gasteiger partial charge in [0.15, 0.2) is 0 Å². The largest absolute Gasteiger partial charge is 0.507 e. The standard InChI is InChI=1S/C15H12N2O3/c1-9-8-13(18)14(15(19)20-9)12-6-7-16-10-4-2-3-5-11(10)17-12/h2-5,7-8,18H,6H2,1H3. The van der Waals surface area contributed by atoms with Gasteiger partial charge in [-0.3, -0.25) is 4.99 Å². The van der Waals surface area contributed by atoms with Crippen molar-refractivity contribution in [2.75, 3.05) is 0 Å². The SMILES string of the molecule is Cc1cc(O)c(C2=Nc3ccccc3N=CC2)c(=O)o1. The van der Waals surface area contributed by atoms with E-state index in [4.69, 9.17) is 4.42 Å². The molecule has 0 aliphatic carbocycles. The maximum atomic E-state index is 11.9. The van der Waals surface area contributed by atoms with E-state index in [1.807, 2.05) is 24.3 Å². The average molecular weight is 268 g/mol. The molecule has 0 spiro atoms. The van der Waals surface area contributed by atoms with Crippen LogP contribution in [0.3, 0.4) is 0 Å². The molecule has 5 heteroatoms. The van der Waals surface area contributed by atoms with Gasteiger partial charge in [-0.05, 0) is 19.1 Å². The Morgan fingerprint density at radius 1 is 1.25 bits per heavy atom. The lowest BCUT2D eigenvalue weighted by Gasteiger charge is -2.05. The smallest absolute Gasteiger partial charge is 0.348 e. The van der Waals surface area contributed by atoms with Crippen LogP contribution in [0.1, 0.15) is 17.7 Å². The third-order valence-electron chi connectivity index (χ3n) is 2.99. The van der Waals surface area contributed by atoms with Gasteiger partial charge in [0, 0.05) is 18.7 Å². The van der Waals surface area contributed by atoms with E-state index in [2.05, 4.69) is 9.98 Å². The molecule has 1 N–H and O–H groups in total. The minimum absolute atomic E-state index is 0.0961. The molecule has 0 amide bonds. The molecule has 1 aromatic heterocycles. The summed E-state index contributed by atoms with van der Waals surface area (Å²) in [5.74, 6) is 0.241. The number of aromatic hydroxyl groups is 1. The van der Waals surface area contributed by atoms with Gasteiger partial charge in [-0.1, -0.05) is 12.1 Å². The molecule has 0 fully saturated rings. The maximum Gasteiger partial charge on any atom is 0.348 e. The molecule has 0 unspecified atom stereocenters. The Hall–Kier alpha value is -2.69. The summed E-state index contributed by atoms with van der Waals surface area (Å²) in [5, 5.41) is 9.98. The van der Waals surface area contributed by atoms with Crippen LogP contribution in [0, 0.1) is 6.92 Å². The topological polar surface area (TPSA) is 75.2 Å². The minimum Gasteiger partial charge on any atom is -0.507 e. The van der Waals surface area contributed by atoms with Crippen LogP contribution in [0.4, 0.5) is 11.4 Å². The molecule has 1 aliphatic heterocycles. The Bertz CT molecular complexity index is 788. The lowest BCUT2D eigenvalue weighted by Crippen LogP contribution is -2.15. The number of aryl methyl sites for hydroxylation is 1. The molecule has 1 aliphatic rings. The monoisotopic (exact) mass is 268 g/mol. The number of benzene rings is 1. The second-order valence-corrected chi connectivity index (χ2v) is 4.47. The minimum atomic E-state index is -0.589. The molecule has 0 atom stereocenters. The van der Waals surface area contributed by atoms with Gasteiger partial charge in [-0.2, -0.15) is 0 Å². The number of fused-ring (bicyclic) bond motifs is 1. The fourth-order valence-electron chi connectivity index (χ4n) is 2.11. The van der Waals surface area contributed by atoms with E-state index in [0.717, 1.165) is 5.69 Å². The zero-order valence-corrected chi connectivity index (χ0v) is 10.8. The van der Waals surface area contributed by atoms with Crippen LogP contribution in [-0.2, 0) is 0 Å². The van der Waals surface area contributed by atoms with Crippen molar-refractivity contribution in [2.24, 2.45) is 9.98 Å². The van der Waals surface area contributed by atoms with Crippen molar-refractivity contribution in [3.8, 4) is 5.75 Å². The number of aliphatic imine (C=N–C) groups is 2. The summed E-state index contributed by atoms with van der Waals surface area (Å²) < 4.78 is 5.03. The van der Waals surface area contributed by atoms with E-state index in [1.165, 1.54) is 6.07 Å². The summed E-state index contributed by atoms with van der Waals surface area (Å²) in [6.45, 7) is 1.61. The molecule has 20 heavy (non-hydrogen) atoms. The van der Waals surface area contributed by atoms with Crippen molar-refractivity contribution in [1.82, 2.24) is 0 Å². The van der Waals surface area contributed by atoms with Gasteiger partial charge < -0.3 is 9.52 Å². The van der Waals surface area contributed by atoms with Gasteiger partial charge in [-0.25, -0.2) is 9.79 Å². The third-order valence-corrected chi connectivity index (χ3v) is 2.99. The molecule has 0 saturated heterocycles. The van der Waals surface area contributed by atoms with Crippen LogP contribution >= 0.6 is 0 Å². The van der Waals surface area contributed by atoms with Gasteiger partial charge in [0.1, 0.15) is 17.1 Å². The summed E-state index contributed by atoms with van der Waals surface area (Å²) >= 11 is 0. The lowest BCUT2D eigenvalue weighted by molar-refractivity contribution is 0.432. The highest BCUT2D eigenvalue weighted by atomic mass is 16.4. The molecule has 3 rings (SSSR count). The molecular formula is C15H12N2O3. The van der Waals surface area contributed by atoms with Gasteiger partial charge in [0.2, 0.25) is 0 Å².